The molecule has 4 fully saturated rings. The van der Waals surface area contributed by atoms with Gasteiger partial charge in [-0.25, -0.2) is 0 Å². The summed E-state index contributed by atoms with van der Waals surface area (Å²) in [5.41, 5.74) is 5.74. The summed E-state index contributed by atoms with van der Waals surface area (Å²) in [6.45, 7) is 7.89. The highest BCUT2D eigenvalue weighted by Gasteiger charge is 2.80. The molecule has 4 aliphatic heterocycles. The molecular weight excluding hydrogens is 198 g/mol. The van der Waals surface area contributed by atoms with Gasteiger partial charge < -0.3 is 24.7 Å². The van der Waals surface area contributed by atoms with Crippen molar-refractivity contribution >= 4 is 0 Å². The topological polar surface area (TPSA) is 62.9 Å². The fraction of sp³-hybridized carbons (Fsp3) is 1.00. The first-order valence-electron chi connectivity index (χ1n) is 5.28. The lowest BCUT2D eigenvalue weighted by molar-refractivity contribution is -0.426. The van der Waals surface area contributed by atoms with E-state index in [0.717, 1.165) is 0 Å². The van der Waals surface area contributed by atoms with E-state index in [2.05, 4.69) is 0 Å². The molecule has 4 aliphatic rings. The minimum absolute atomic E-state index is 0.117. The zero-order chi connectivity index (χ0) is 11.1. The van der Waals surface area contributed by atoms with E-state index in [0.29, 0.717) is 6.54 Å². The SMILES string of the molecule is CC12OC3(C)OC(C)(OC3(C)O1)C2CN. The molecule has 4 bridgehead atoms. The highest BCUT2D eigenvalue weighted by molar-refractivity contribution is 5.09. The van der Waals surface area contributed by atoms with Gasteiger partial charge in [-0.3, -0.25) is 0 Å². The molecular formula is C10H17NO4. The van der Waals surface area contributed by atoms with Crippen molar-refractivity contribution in [2.24, 2.45) is 11.7 Å². The Morgan fingerprint density at radius 1 is 0.867 bits per heavy atom. The normalized spacial score (nSPS) is 66.6. The molecule has 0 saturated carbocycles. The maximum atomic E-state index is 5.85. The maximum Gasteiger partial charge on any atom is 0.225 e. The van der Waals surface area contributed by atoms with E-state index in [4.69, 9.17) is 24.7 Å². The molecule has 4 heterocycles. The predicted octanol–water partition coefficient (Wildman–Crippen LogP) is 0.533. The second kappa shape index (κ2) is 2.24. The molecule has 2 N–H and O–H groups in total. The molecule has 0 unspecified atom stereocenters. The summed E-state index contributed by atoms with van der Waals surface area (Å²) in [5, 5.41) is 0. The Kier molecular flexibility index (Phi) is 1.49. The second-order valence-corrected chi connectivity index (χ2v) is 5.12. The first-order chi connectivity index (χ1) is 6.77. The molecule has 0 aliphatic carbocycles. The zero-order valence-corrected chi connectivity index (χ0v) is 9.49. The van der Waals surface area contributed by atoms with Crippen LogP contribution >= 0.6 is 0 Å². The monoisotopic (exact) mass is 215 g/mol. The molecule has 15 heavy (non-hydrogen) atoms. The van der Waals surface area contributed by atoms with Gasteiger partial charge in [0.2, 0.25) is 11.6 Å². The molecule has 86 valence electrons. The number of ether oxygens (including phenoxy) is 4. The molecule has 0 aromatic carbocycles. The fourth-order valence-electron chi connectivity index (χ4n) is 3.19. The van der Waals surface area contributed by atoms with Gasteiger partial charge in [-0.15, -0.1) is 0 Å². The van der Waals surface area contributed by atoms with E-state index < -0.39 is 23.1 Å². The van der Waals surface area contributed by atoms with Crippen LogP contribution in [0.5, 0.6) is 0 Å². The van der Waals surface area contributed by atoms with Crippen LogP contribution < -0.4 is 5.73 Å². The average molecular weight is 215 g/mol. The van der Waals surface area contributed by atoms with Crippen LogP contribution in [0, 0.1) is 5.92 Å². The minimum atomic E-state index is -0.831. The van der Waals surface area contributed by atoms with Gasteiger partial charge in [0.25, 0.3) is 0 Å². The van der Waals surface area contributed by atoms with Gasteiger partial charge in [0.1, 0.15) is 0 Å². The van der Waals surface area contributed by atoms with E-state index in [1.165, 1.54) is 0 Å². The highest BCUT2D eigenvalue weighted by Crippen LogP contribution is 2.64. The van der Waals surface area contributed by atoms with Crippen molar-refractivity contribution in [1.82, 2.24) is 0 Å². The summed E-state index contributed by atoms with van der Waals surface area (Å²) in [4.78, 5) is 0. The van der Waals surface area contributed by atoms with Gasteiger partial charge in [0, 0.05) is 6.54 Å². The van der Waals surface area contributed by atoms with Gasteiger partial charge in [-0.05, 0) is 27.7 Å². The molecule has 4 rings (SSSR count). The minimum Gasteiger partial charge on any atom is -0.330 e. The summed E-state index contributed by atoms with van der Waals surface area (Å²) < 4.78 is 23.4. The second-order valence-electron chi connectivity index (χ2n) is 5.12. The predicted molar refractivity (Wildman–Crippen MR) is 50.5 cm³/mol. The standard InChI is InChI=1S/C10H17NO4/c1-7-6(5-11)8(2)14-9(3,12-7)10(4,13-7)15-8/h6H,5,11H2,1-4H3. The summed E-state index contributed by atoms with van der Waals surface area (Å²) >= 11 is 0. The lowest BCUT2D eigenvalue weighted by Crippen LogP contribution is -2.61. The van der Waals surface area contributed by atoms with Crippen molar-refractivity contribution in [3.8, 4) is 0 Å². The molecule has 0 atom stereocenters. The Morgan fingerprint density at radius 2 is 1.20 bits per heavy atom. The Balaban J connectivity index is 2.13. The van der Waals surface area contributed by atoms with Crippen molar-refractivity contribution in [1.29, 1.82) is 0 Å². The lowest BCUT2D eigenvalue weighted by atomic mass is 9.90. The molecule has 0 radical (unpaired) electrons. The third-order valence-electron chi connectivity index (χ3n) is 3.92. The largest absolute Gasteiger partial charge is 0.330 e. The molecule has 0 aromatic heterocycles. The molecule has 5 heteroatoms. The Labute approximate surface area is 88.8 Å². The van der Waals surface area contributed by atoms with E-state index in [-0.39, 0.29) is 5.92 Å². The third kappa shape index (κ3) is 0.877. The van der Waals surface area contributed by atoms with E-state index in [1.807, 2.05) is 27.7 Å². The van der Waals surface area contributed by atoms with Crippen molar-refractivity contribution in [3.63, 3.8) is 0 Å². The average Bonchev–Trinajstić information content (AvgIpc) is 2.22. The van der Waals surface area contributed by atoms with Gasteiger partial charge in [-0.1, -0.05) is 0 Å². The van der Waals surface area contributed by atoms with Gasteiger partial charge in [-0.2, -0.15) is 0 Å². The number of nitrogens with two attached hydrogens (primary N) is 1. The summed E-state index contributed by atoms with van der Waals surface area (Å²) in [5.74, 6) is -3.19. The molecule has 4 saturated heterocycles. The van der Waals surface area contributed by atoms with Gasteiger partial charge in [0.15, 0.2) is 11.6 Å². The van der Waals surface area contributed by atoms with E-state index >= 15 is 0 Å². The molecule has 5 nitrogen and oxygen atoms in total. The summed E-state index contributed by atoms with van der Waals surface area (Å²) in [6, 6.07) is 0. The van der Waals surface area contributed by atoms with Crippen LogP contribution in [-0.4, -0.2) is 29.7 Å². The number of hydrogen-bond acceptors (Lipinski definition) is 5. The highest BCUT2D eigenvalue weighted by atomic mass is 17.0. The zero-order valence-electron chi connectivity index (χ0n) is 9.49. The van der Waals surface area contributed by atoms with Crippen LogP contribution in [0.1, 0.15) is 27.7 Å². The van der Waals surface area contributed by atoms with E-state index in [1.54, 1.807) is 0 Å². The smallest absolute Gasteiger partial charge is 0.225 e. The van der Waals surface area contributed by atoms with Gasteiger partial charge in [0.05, 0.1) is 5.92 Å². The van der Waals surface area contributed by atoms with Crippen LogP contribution in [0.25, 0.3) is 0 Å². The third-order valence-corrected chi connectivity index (χ3v) is 3.92. The van der Waals surface area contributed by atoms with E-state index in [9.17, 15) is 0 Å². The lowest BCUT2D eigenvalue weighted by Gasteiger charge is -2.48. The fourth-order valence-corrected chi connectivity index (χ4v) is 3.19. The Bertz CT molecular complexity index is 287. The summed E-state index contributed by atoms with van der Waals surface area (Å²) in [7, 11) is 0. The Hall–Kier alpha value is -0.200. The van der Waals surface area contributed by atoms with Crippen molar-refractivity contribution in [3.05, 3.63) is 0 Å². The molecule has 0 amide bonds. The first-order valence-corrected chi connectivity index (χ1v) is 5.28. The molecule has 0 spiro atoms. The van der Waals surface area contributed by atoms with Crippen molar-refractivity contribution < 1.29 is 18.9 Å². The van der Waals surface area contributed by atoms with Crippen LogP contribution in [0.3, 0.4) is 0 Å². The van der Waals surface area contributed by atoms with Crippen molar-refractivity contribution in [2.45, 2.75) is 50.8 Å². The maximum absolute atomic E-state index is 5.85. The van der Waals surface area contributed by atoms with Crippen LogP contribution in [0.4, 0.5) is 0 Å². The quantitative estimate of drug-likeness (QED) is 0.691. The summed E-state index contributed by atoms with van der Waals surface area (Å²) in [6.07, 6.45) is 0. The Morgan fingerprint density at radius 3 is 1.47 bits per heavy atom. The van der Waals surface area contributed by atoms with Crippen molar-refractivity contribution in [2.75, 3.05) is 6.54 Å². The number of rotatable bonds is 1. The van der Waals surface area contributed by atoms with Gasteiger partial charge >= 0.3 is 0 Å². The van der Waals surface area contributed by atoms with Crippen LogP contribution in [0.15, 0.2) is 0 Å². The van der Waals surface area contributed by atoms with Crippen LogP contribution in [0.2, 0.25) is 0 Å². The van der Waals surface area contributed by atoms with Crippen LogP contribution in [-0.2, 0) is 18.9 Å². The number of hydrogen-bond donors (Lipinski definition) is 1. The molecule has 0 aromatic rings. The first kappa shape index (κ1) is 9.99.